The molecule has 0 radical (unpaired) electrons. The summed E-state index contributed by atoms with van der Waals surface area (Å²) in [6.07, 6.45) is 0.852. The van der Waals surface area contributed by atoms with Crippen LogP contribution in [0.15, 0.2) is 84.9 Å². The summed E-state index contributed by atoms with van der Waals surface area (Å²) in [6, 6.07) is 21.7. The van der Waals surface area contributed by atoms with Crippen molar-refractivity contribution in [2.75, 3.05) is 19.0 Å². The molecule has 4 aromatic rings. The van der Waals surface area contributed by atoms with Crippen LogP contribution in [0.25, 0.3) is 0 Å². The second kappa shape index (κ2) is 13.2. The van der Waals surface area contributed by atoms with Gasteiger partial charge in [-0.1, -0.05) is 6.92 Å². The first kappa shape index (κ1) is 28.7. The molecule has 0 fully saturated rings. The van der Waals surface area contributed by atoms with Gasteiger partial charge in [0.15, 0.2) is 0 Å². The average molecular weight is 556 g/mol. The van der Waals surface area contributed by atoms with E-state index in [2.05, 4.69) is 5.32 Å². The number of phenols is 1. The summed E-state index contributed by atoms with van der Waals surface area (Å²) in [6.45, 7) is 4.25. The summed E-state index contributed by atoms with van der Waals surface area (Å²) in [5.41, 5.74) is 1.98. The predicted octanol–water partition coefficient (Wildman–Crippen LogP) is 6.19. The Morgan fingerprint density at radius 3 is 2.00 bits per heavy atom. The van der Waals surface area contributed by atoms with Crippen molar-refractivity contribution in [3.63, 3.8) is 0 Å². The molecule has 4 aromatic carbocycles. The number of rotatable bonds is 10. The zero-order valence-corrected chi connectivity index (χ0v) is 22.8. The number of carbonyl (C=O) groups excluding carboxylic acids is 3. The van der Waals surface area contributed by atoms with Crippen LogP contribution in [-0.4, -0.2) is 36.7 Å². The Labute approximate surface area is 237 Å². The van der Waals surface area contributed by atoms with E-state index in [0.29, 0.717) is 34.9 Å². The standard InChI is InChI=1S/C32H29NO8/c1-4-17-39-26-14-15-27(29(19-26)38-3)32(37)41-24-10-5-21(6-11-24)31(36)40-25-12-8-23(9-13-25)33-30(35)22-7-16-28(34)20(2)18-22/h5-16,18-19,34H,4,17H2,1-3H3,(H,33,35). The molecule has 0 saturated heterocycles. The first-order chi connectivity index (χ1) is 19.8. The highest BCUT2D eigenvalue weighted by molar-refractivity contribution is 6.04. The Morgan fingerprint density at radius 1 is 0.756 bits per heavy atom. The number of hydrogen-bond acceptors (Lipinski definition) is 8. The lowest BCUT2D eigenvalue weighted by Gasteiger charge is -2.11. The highest BCUT2D eigenvalue weighted by atomic mass is 16.5. The van der Waals surface area contributed by atoms with E-state index in [1.807, 2.05) is 6.92 Å². The van der Waals surface area contributed by atoms with Crippen LogP contribution in [0, 0.1) is 6.92 Å². The number of carbonyl (C=O) groups is 3. The molecule has 1 amide bonds. The molecule has 2 N–H and O–H groups in total. The van der Waals surface area contributed by atoms with Gasteiger partial charge in [0.25, 0.3) is 5.91 Å². The number of methoxy groups -OCH3 is 1. The number of hydrogen-bond donors (Lipinski definition) is 2. The topological polar surface area (TPSA) is 120 Å². The molecule has 0 aliphatic rings. The van der Waals surface area contributed by atoms with E-state index in [0.717, 1.165) is 6.42 Å². The van der Waals surface area contributed by atoms with Crippen molar-refractivity contribution in [2.45, 2.75) is 20.3 Å². The maximum Gasteiger partial charge on any atom is 0.347 e. The number of anilines is 1. The van der Waals surface area contributed by atoms with E-state index in [9.17, 15) is 19.5 Å². The lowest BCUT2D eigenvalue weighted by atomic mass is 10.1. The fraction of sp³-hybridized carbons (Fsp3) is 0.156. The lowest BCUT2D eigenvalue weighted by Crippen LogP contribution is -2.12. The summed E-state index contributed by atoms with van der Waals surface area (Å²) < 4.78 is 21.8. The Kier molecular flexibility index (Phi) is 9.21. The van der Waals surface area contributed by atoms with Gasteiger partial charge in [-0.2, -0.15) is 0 Å². The van der Waals surface area contributed by atoms with Gasteiger partial charge in [-0.25, -0.2) is 9.59 Å². The van der Waals surface area contributed by atoms with Crippen LogP contribution >= 0.6 is 0 Å². The molecule has 9 heteroatoms. The first-order valence-corrected chi connectivity index (χ1v) is 12.8. The molecule has 0 heterocycles. The van der Waals surface area contributed by atoms with E-state index >= 15 is 0 Å². The molecule has 9 nitrogen and oxygen atoms in total. The maximum absolute atomic E-state index is 12.7. The minimum atomic E-state index is -0.619. The number of nitrogens with one attached hydrogen (secondary N) is 1. The Balaban J connectivity index is 1.33. The van der Waals surface area contributed by atoms with E-state index < -0.39 is 11.9 Å². The third-order valence-corrected chi connectivity index (χ3v) is 5.95. The Hall–Kier alpha value is -5.31. The molecule has 210 valence electrons. The molecular formula is C32H29NO8. The van der Waals surface area contributed by atoms with Gasteiger partial charge in [-0.05, 0) is 97.8 Å². The van der Waals surface area contributed by atoms with Crippen molar-refractivity contribution < 1.29 is 38.4 Å². The molecule has 0 unspecified atom stereocenters. The minimum absolute atomic E-state index is 0.114. The molecule has 0 aromatic heterocycles. The molecule has 0 aliphatic heterocycles. The lowest BCUT2D eigenvalue weighted by molar-refractivity contribution is 0.0728. The van der Waals surface area contributed by atoms with Gasteiger partial charge in [-0.15, -0.1) is 0 Å². The zero-order valence-electron chi connectivity index (χ0n) is 22.8. The van der Waals surface area contributed by atoms with Gasteiger partial charge >= 0.3 is 11.9 Å². The van der Waals surface area contributed by atoms with Crippen molar-refractivity contribution >= 4 is 23.5 Å². The monoisotopic (exact) mass is 555 g/mol. The maximum atomic E-state index is 12.7. The Bertz CT molecular complexity index is 1550. The van der Waals surface area contributed by atoms with Gasteiger partial charge in [-0.3, -0.25) is 4.79 Å². The summed E-state index contributed by atoms with van der Waals surface area (Å²) >= 11 is 0. The number of ether oxygens (including phenoxy) is 4. The van der Waals surface area contributed by atoms with Gasteiger partial charge in [0.2, 0.25) is 0 Å². The second-order valence-corrected chi connectivity index (χ2v) is 8.99. The average Bonchev–Trinajstić information content (AvgIpc) is 2.98. The molecule has 41 heavy (non-hydrogen) atoms. The molecule has 0 saturated carbocycles. The number of benzene rings is 4. The Morgan fingerprint density at radius 2 is 1.37 bits per heavy atom. The highest BCUT2D eigenvalue weighted by Gasteiger charge is 2.17. The summed E-state index contributed by atoms with van der Waals surface area (Å²) in [5, 5.41) is 12.4. The van der Waals surface area contributed by atoms with Crippen LogP contribution in [-0.2, 0) is 0 Å². The van der Waals surface area contributed by atoms with Crippen LogP contribution in [0.4, 0.5) is 5.69 Å². The van der Waals surface area contributed by atoms with Crippen molar-refractivity contribution in [2.24, 2.45) is 0 Å². The number of phenolic OH excluding ortho intramolecular Hbond substituents is 1. The van der Waals surface area contributed by atoms with Gasteiger partial charge in [0.1, 0.15) is 34.3 Å². The number of amides is 1. The predicted molar refractivity (Wildman–Crippen MR) is 152 cm³/mol. The van der Waals surface area contributed by atoms with Gasteiger partial charge in [0, 0.05) is 17.3 Å². The van der Waals surface area contributed by atoms with Crippen molar-refractivity contribution in [1.29, 1.82) is 0 Å². The van der Waals surface area contributed by atoms with E-state index in [4.69, 9.17) is 18.9 Å². The highest BCUT2D eigenvalue weighted by Crippen LogP contribution is 2.27. The fourth-order valence-corrected chi connectivity index (χ4v) is 3.74. The summed E-state index contributed by atoms with van der Waals surface area (Å²) in [7, 11) is 1.46. The fourth-order valence-electron chi connectivity index (χ4n) is 3.74. The molecule has 0 bridgehead atoms. The van der Waals surface area contributed by atoms with Crippen molar-refractivity contribution in [3.05, 3.63) is 107 Å². The smallest absolute Gasteiger partial charge is 0.347 e. The van der Waals surface area contributed by atoms with E-state index in [1.54, 1.807) is 55.5 Å². The molecule has 0 spiro atoms. The molecule has 0 aliphatic carbocycles. The second-order valence-electron chi connectivity index (χ2n) is 8.99. The quantitative estimate of drug-likeness (QED) is 0.176. The summed E-state index contributed by atoms with van der Waals surface area (Å²) in [5.74, 6) is -0.0170. The first-order valence-electron chi connectivity index (χ1n) is 12.8. The van der Waals surface area contributed by atoms with Crippen LogP contribution < -0.4 is 24.3 Å². The minimum Gasteiger partial charge on any atom is -0.508 e. The third-order valence-electron chi connectivity index (χ3n) is 5.95. The van der Waals surface area contributed by atoms with Crippen LogP contribution in [0.2, 0.25) is 0 Å². The van der Waals surface area contributed by atoms with Crippen molar-refractivity contribution in [3.8, 4) is 28.7 Å². The van der Waals surface area contributed by atoms with E-state index in [-0.39, 0.29) is 34.3 Å². The molecule has 4 rings (SSSR count). The number of aromatic hydroxyl groups is 1. The molecule has 0 atom stereocenters. The van der Waals surface area contributed by atoms with Crippen LogP contribution in [0.5, 0.6) is 28.7 Å². The SMILES string of the molecule is CCCOc1ccc(C(=O)Oc2ccc(C(=O)Oc3ccc(NC(=O)c4ccc(O)c(C)c4)cc3)cc2)c(OC)c1. The van der Waals surface area contributed by atoms with Crippen molar-refractivity contribution in [1.82, 2.24) is 0 Å². The zero-order chi connectivity index (χ0) is 29.4. The van der Waals surface area contributed by atoms with Crippen LogP contribution in [0.3, 0.4) is 0 Å². The number of aryl methyl sites for hydroxylation is 1. The van der Waals surface area contributed by atoms with Crippen LogP contribution in [0.1, 0.15) is 50.0 Å². The summed E-state index contributed by atoms with van der Waals surface area (Å²) in [4.78, 5) is 37.8. The largest absolute Gasteiger partial charge is 0.508 e. The number of esters is 2. The van der Waals surface area contributed by atoms with Gasteiger partial charge in [0.05, 0.1) is 19.3 Å². The molecular weight excluding hydrogens is 526 g/mol. The van der Waals surface area contributed by atoms with E-state index in [1.165, 1.54) is 43.5 Å². The normalized spacial score (nSPS) is 10.4. The van der Waals surface area contributed by atoms with Gasteiger partial charge < -0.3 is 29.4 Å². The third kappa shape index (κ3) is 7.42.